The molecule has 0 aliphatic carbocycles. The fourth-order valence-electron chi connectivity index (χ4n) is 1.79. The molecule has 0 fully saturated rings. The molecular weight excluding hydrogens is 304 g/mol. The highest BCUT2D eigenvalue weighted by atomic mass is 79.9. The molecule has 0 N–H and O–H groups in total. The fraction of sp³-hybridized carbons (Fsp3) is 0.188. The van der Waals surface area contributed by atoms with Crippen LogP contribution in [-0.2, 0) is 9.53 Å². The second-order valence-electron chi connectivity index (χ2n) is 4.25. The van der Waals surface area contributed by atoms with E-state index in [4.69, 9.17) is 4.74 Å². The number of carbonyl (C=O) groups excluding carboxylic acids is 1. The number of esters is 1. The molecule has 1 atom stereocenters. The molecule has 3 heteroatoms. The second kappa shape index (κ2) is 6.53. The highest BCUT2D eigenvalue weighted by molar-refractivity contribution is 9.10. The van der Waals surface area contributed by atoms with E-state index in [1.165, 1.54) is 0 Å². The number of rotatable bonds is 4. The lowest BCUT2D eigenvalue weighted by atomic mass is 10.0. The largest absolute Gasteiger partial charge is 0.452 e. The fourth-order valence-corrected chi connectivity index (χ4v) is 1.90. The van der Waals surface area contributed by atoms with Crippen molar-refractivity contribution in [2.75, 3.05) is 0 Å². The molecule has 0 aliphatic rings. The van der Waals surface area contributed by atoms with Gasteiger partial charge in [0.2, 0.25) is 0 Å². The van der Waals surface area contributed by atoms with E-state index >= 15 is 0 Å². The van der Waals surface area contributed by atoms with Gasteiger partial charge in [-0.3, -0.25) is 4.79 Å². The molecule has 0 aliphatic heterocycles. The molecule has 0 saturated heterocycles. The highest BCUT2D eigenvalue weighted by Gasteiger charge is 2.20. The van der Waals surface area contributed by atoms with Crippen molar-refractivity contribution in [1.29, 1.82) is 0 Å². The minimum absolute atomic E-state index is 0.266. The number of carbonyl (C=O) groups is 1. The van der Waals surface area contributed by atoms with Crippen molar-refractivity contribution < 1.29 is 9.53 Å². The van der Waals surface area contributed by atoms with Crippen molar-refractivity contribution in [2.45, 2.75) is 17.9 Å². The summed E-state index contributed by atoms with van der Waals surface area (Å²) in [5, 5.41) is 0. The first kappa shape index (κ1) is 13.8. The maximum Gasteiger partial charge on any atom is 0.320 e. The van der Waals surface area contributed by atoms with Gasteiger partial charge in [0.25, 0.3) is 0 Å². The van der Waals surface area contributed by atoms with Crippen LogP contribution in [0.3, 0.4) is 0 Å². The van der Waals surface area contributed by atoms with Crippen LogP contribution in [0.4, 0.5) is 0 Å². The van der Waals surface area contributed by atoms with Gasteiger partial charge in [0.05, 0.1) is 0 Å². The molecule has 0 saturated carbocycles. The Balaban J connectivity index is 2.32. The zero-order valence-electron chi connectivity index (χ0n) is 10.6. The third kappa shape index (κ3) is 3.67. The molecule has 2 nitrogen and oxygen atoms in total. The first-order valence-corrected chi connectivity index (χ1v) is 7.04. The molecule has 0 aromatic heterocycles. The molecule has 19 heavy (non-hydrogen) atoms. The van der Waals surface area contributed by atoms with Gasteiger partial charge < -0.3 is 4.74 Å². The van der Waals surface area contributed by atoms with Crippen LogP contribution in [-0.4, -0.2) is 10.8 Å². The van der Waals surface area contributed by atoms with Crippen LogP contribution in [0.15, 0.2) is 60.7 Å². The second-order valence-corrected chi connectivity index (χ2v) is 5.63. The van der Waals surface area contributed by atoms with Gasteiger partial charge in [0.1, 0.15) is 4.83 Å². The molecule has 2 aromatic carbocycles. The summed E-state index contributed by atoms with van der Waals surface area (Å²) < 4.78 is 5.60. The van der Waals surface area contributed by atoms with E-state index in [0.29, 0.717) is 0 Å². The predicted octanol–water partition coefficient (Wildman–Crippen LogP) is 4.10. The minimum atomic E-state index is -0.366. The number of alkyl halides is 1. The van der Waals surface area contributed by atoms with Crippen molar-refractivity contribution >= 4 is 21.9 Å². The summed E-state index contributed by atoms with van der Waals surface area (Å²) in [6.07, 6.45) is -0.366. The Hall–Kier alpha value is -1.61. The van der Waals surface area contributed by atoms with Crippen molar-refractivity contribution in [3.8, 4) is 0 Å². The maximum absolute atomic E-state index is 11.8. The van der Waals surface area contributed by atoms with Crippen molar-refractivity contribution in [2.24, 2.45) is 0 Å². The lowest BCUT2D eigenvalue weighted by molar-refractivity contribution is -0.146. The van der Waals surface area contributed by atoms with Crippen LogP contribution < -0.4 is 0 Å². The first-order chi connectivity index (χ1) is 9.18. The standard InChI is InChI=1S/C16H15BrO2/c1-12(17)16(18)19-15(13-8-4-2-5-9-13)14-10-6-3-7-11-14/h2-12,15H,1H3. The van der Waals surface area contributed by atoms with Gasteiger partial charge in [0, 0.05) is 0 Å². The summed E-state index contributed by atoms with van der Waals surface area (Å²) in [6, 6.07) is 19.5. The lowest BCUT2D eigenvalue weighted by Gasteiger charge is -2.19. The molecular formula is C16H15BrO2. The Kier molecular flexibility index (Phi) is 4.74. The van der Waals surface area contributed by atoms with Gasteiger partial charge in [-0.15, -0.1) is 0 Å². The van der Waals surface area contributed by atoms with Crippen LogP contribution in [0.2, 0.25) is 0 Å². The normalized spacial score (nSPS) is 12.2. The average Bonchev–Trinajstić information content (AvgIpc) is 2.46. The molecule has 0 spiro atoms. The van der Waals surface area contributed by atoms with Crippen molar-refractivity contribution in [3.05, 3.63) is 71.8 Å². The van der Waals surface area contributed by atoms with Crippen LogP contribution >= 0.6 is 15.9 Å². The van der Waals surface area contributed by atoms with Crippen molar-refractivity contribution in [3.63, 3.8) is 0 Å². The Morgan fingerprint density at radius 2 is 1.37 bits per heavy atom. The van der Waals surface area contributed by atoms with E-state index < -0.39 is 0 Å². The number of hydrogen-bond acceptors (Lipinski definition) is 2. The Morgan fingerprint density at radius 1 is 0.947 bits per heavy atom. The highest BCUT2D eigenvalue weighted by Crippen LogP contribution is 2.26. The van der Waals surface area contributed by atoms with E-state index in [1.54, 1.807) is 6.92 Å². The van der Waals surface area contributed by atoms with E-state index in [2.05, 4.69) is 15.9 Å². The van der Waals surface area contributed by atoms with Crippen LogP contribution in [0.1, 0.15) is 24.2 Å². The third-order valence-electron chi connectivity index (χ3n) is 2.76. The van der Waals surface area contributed by atoms with Gasteiger partial charge in [-0.2, -0.15) is 0 Å². The number of benzene rings is 2. The topological polar surface area (TPSA) is 26.3 Å². The zero-order chi connectivity index (χ0) is 13.7. The van der Waals surface area contributed by atoms with Gasteiger partial charge in [-0.25, -0.2) is 0 Å². The van der Waals surface area contributed by atoms with Gasteiger partial charge in [-0.1, -0.05) is 76.6 Å². The molecule has 0 radical (unpaired) electrons. The Labute approximate surface area is 121 Å². The van der Waals surface area contributed by atoms with E-state index in [1.807, 2.05) is 60.7 Å². The summed E-state index contributed by atoms with van der Waals surface area (Å²) in [7, 11) is 0. The average molecular weight is 319 g/mol. The minimum Gasteiger partial charge on any atom is -0.452 e. The lowest BCUT2D eigenvalue weighted by Crippen LogP contribution is -2.18. The smallest absolute Gasteiger partial charge is 0.320 e. The number of halogens is 1. The number of hydrogen-bond donors (Lipinski definition) is 0. The summed E-state index contributed by atoms with van der Waals surface area (Å²) in [4.78, 5) is 11.5. The molecule has 2 aromatic rings. The van der Waals surface area contributed by atoms with Gasteiger partial charge in [0.15, 0.2) is 6.10 Å². The number of ether oxygens (including phenoxy) is 1. The third-order valence-corrected chi connectivity index (χ3v) is 3.14. The monoisotopic (exact) mass is 318 g/mol. The summed E-state index contributed by atoms with van der Waals surface area (Å²) >= 11 is 3.24. The predicted molar refractivity (Wildman–Crippen MR) is 79.2 cm³/mol. The molecule has 1 unspecified atom stereocenters. The summed E-state index contributed by atoms with van der Waals surface area (Å²) in [5.74, 6) is -0.266. The first-order valence-electron chi connectivity index (χ1n) is 6.13. The zero-order valence-corrected chi connectivity index (χ0v) is 12.2. The molecule has 0 bridgehead atoms. The van der Waals surface area contributed by atoms with Crippen molar-refractivity contribution in [1.82, 2.24) is 0 Å². The quantitative estimate of drug-likeness (QED) is 0.626. The van der Waals surface area contributed by atoms with Crippen LogP contribution in [0.5, 0.6) is 0 Å². The molecule has 0 amide bonds. The Morgan fingerprint density at radius 3 is 1.74 bits per heavy atom. The molecule has 98 valence electrons. The maximum atomic E-state index is 11.8. The summed E-state index contributed by atoms with van der Waals surface area (Å²) in [6.45, 7) is 1.76. The van der Waals surface area contributed by atoms with Gasteiger partial charge in [-0.05, 0) is 18.1 Å². The Bertz CT molecular complexity index is 483. The van der Waals surface area contributed by atoms with E-state index in [-0.39, 0.29) is 16.9 Å². The molecule has 2 rings (SSSR count). The van der Waals surface area contributed by atoms with Crippen LogP contribution in [0.25, 0.3) is 0 Å². The SMILES string of the molecule is CC(Br)C(=O)OC(c1ccccc1)c1ccccc1. The molecule has 0 heterocycles. The van der Waals surface area contributed by atoms with E-state index in [9.17, 15) is 4.79 Å². The van der Waals surface area contributed by atoms with Crippen LogP contribution in [0, 0.1) is 0 Å². The van der Waals surface area contributed by atoms with Gasteiger partial charge >= 0.3 is 5.97 Å². The summed E-state index contributed by atoms with van der Waals surface area (Å²) in [5.41, 5.74) is 1.94. The van der Waals surface area contributed by atoms with E-state index in [0.717, 1.165) is 11.1 Å².